The number of hydrogen-bond donors (Lipinski definition) is 2. The maximum Gasteiger partial charge on any atom is 0.279 e. The van der Waals surface area contributed by atoms with Gasteiger partial charge in [0.2, 0.25) is 0 Å². The summed E-state index contributed by atoms with van der Waals surface area (Å²) >= 11 is 3.47. The zero-order valence-corrected chi connectivity index (χ0v) is 13.5. The minimum atomic E-state index is -3.68. The van der Waals surface area contributed by atoms with Gasteiger partial charge in [-0.2, -0.15) is 8.42 Å². The lowest BCUT2D eigenvalue weighted by Gasteiger charge is -2.10. The van der Waals surface area contributed by atoms with Gasteiger partial charge in [0, 0.05) is 9.86 Å². The minimum Gasteiger partial charge on any atom is -0.332 e. The van der Waals surface area contributed by atoms with Crippen LogP contribution in [-0.4, -0.2) is 18.4 Å². The molecular formula is C14H12BrN3O2S. The number of benzene rings is 2. The predicted molar refractivity (Wildman–Crippen MR) is 85.8 cm³/mol. The fourth-order valence-corrected chi connectivity index (χ4v) is 3.61. The lowest BCUT2D eigenvalue weighted by molar-refractivity contribution is 0.598. The van der Waals surface area contributed by atoms with Crippen LogP contribution in [0.4, 0.5) is 5.69 Å². The number of halogens is 1. The first kappa shape index (κ1) is 14.1. The third-order valence-corrected chi connectivity index (χ3v) is 5.05. The van der Waals surface area contributed by atoms with E-state index in [-0.39, 0.29) is 5.03 Å². The van der Waals surface area contributed by atoms with E-state index in [4.69, 9.17) is 0 Å². The molecule has 0 atom stereocenters. The molecule has 0 saturated carbocycles. The van der Waals surface area contributed by atoms with E-state index in [1.54, 1.807) is 13.0 Å². The molecule has 0 aliphatic rings. The average molecular weight is 366 g/mol. The van der Waals surface area contributed by atoms with Crippen LogP contribution in [0.3, 0.4) is 0 Å². The third kappa shape index (κ3) is 2.66. The molecule has 1 aromatic heterocycles. The van der Waals surface area contributed by atoms with Crippen molar-refractivity contribution in [3.05, 3.63) is 52.9 Å². The molecule has 3 aromatic rings. The fourth-order valence-electron chi connectivity index (χ4n) is 2.09. The second kappa shape index (κ2) is 5.16. The molecule has 3 rings (SSSR count). The number of rotatable bonds is 3. The number of hydrogen-bond acceptors (Lipinski definition) is 3. The van der Waals surface area contributed by atoms with Gasteiger partial charge in [0.15, 0.2) is 5.03 Å². The highest BCUT2D eigenvalue weighted by Gasteiger charge is 2.18. The number of aromatic amines is 1. The second-order valence-corrected chi connectivity index (χ2v) is 7.08. The normalized spacial score (nSPS) is 11.7. The van der Waals surface area contributed by atoms with E-state index < -0.39 is 10.0 Å². The summed E-state index contributed by atoms with van der Waals surface area (Å²) in [5.74, 6) is 0.552. The van der Waals surface area contributed by atoms with Gasteiger partial charge in [-0.15, -0.1) is 0 Å². The molecule has 0 radical (unpaired) electrons. The minimum absolute atomic E-state index is 0.0481. The van der Waals surface area contributed by atoms with E-state index in [1.807, 2.05) is 30.3 Å². The van der Waals surface area contributed by atoms with Crippen molar-refractivity contribution in [3.63, 3.8) is 0 Å². The third-order valence-electron chi connectivity index (χ3n) is 3.08. The number of anilines is 1. The van der Waals surface area contributed by atoms with E-state index in [9.17, 15) is 8.42 Å². The topological polar surface area (TPSA) is 74.8 Å². The van der Waals surface area contributed by atoms with E-state index in [1.165, 1.54) is 6.20 Å². The summed E-state index contributed by atoms with van der Waals surface area (Å²) in [5.41, 5.74) is 0.529. The largest absolute Gasteiger partial charge is 0.332 e. The molecule has 0 spiro atoms. The van der Waals surface area contributed by atoms with Crippen LogP contribution in [0, 0.1) is 6.92 Å². The molecule has 2 aromatic carbocycles. The molecule has 108 valence electrons. The van der Waals surface area contributed by atoms with Crippen molar-refractivity contribution in [2.24, 2.45) is 0 Å². The molecule has 0 saturated heterocycles. The van der Waals surface area contributed by atoms with Crippen molar-refractivity contribution in [2.45, 2.75) is 11.9 Å². The molecule has 0 amide bonds. The van der Waals surface area contributed by atoms with Crippen molar-refractivity contribution in [1.29, 1.82) is 0 Å². The summed E-state index contributed by atoms with van der Waals surface area (Å²) in [4.78, 5) is 6.64. The number of nitrogens with one attached hydrogen (secondary N) is 2. The zero-order valence-electron chi connectivity index (χ0n) is 11.1. The highest BCUT2D eigenvalue weighted by Crippen LogP contribution is 2.31. The van der Waals surface area contributed by atoms with Crippen LogP contribution in [0.25, 0.3) is 10.8 Å². The quantitative estimate of drug-likeness (QED) is 0.746. The van der Waals surface area contributed by atoms with E-state index in [0.29, 0.717) is 11.5 Å². The Hall–Kier alpha value is -1.86. The number of H-pyrrole nitrogens is 1. The van der Waals surface area contributed by atoms with Gasteiger partial charge in [-0.3, -0.25) is 4.72 Å². The molecule has 0 aliphatic heterocycles. The van der Waals surface area contributed by atoms with Crippen LogP contribution in [0.15, 0.2) is 52.1 Å². The van der Waals surface area contributed by atoms with Crippen LogP contribution >= 0.6 is 15.9 Å². The predicted octanol–water partition coefficient (Wildman–Crippen LogP) is 3.43. The molecule has 0 bridgehead atoms. The highest BCUT2D eigenvalue weighted by atomic mass is 79.9. The fraction of sp³-hybridized carbons (Fsp3) is 0.0714. The maximum absolute atomic E-state index is 12.3. The Morgan fingerprint density at radius 3 is 2.52 bits per heavy atom. The molecular weight excluding hydrogens is 354 g/mol. The van der Waals surface area contributed by atoms with E-state index in [2.05, 4.69) is 30.6 Å². The lowest BCUT2D eigenvalue weighted by atomic mass is 10.1. The summed E-state index contributed by atoms with van der Waals surface area (Å²) in [6, 6.07) is 11.1. The number of sulfonamides is 1. The van der Waals surface area contributed by atoms with Gasteiger partial charge in [-0.1, -0.05) is 40.2 Å². The molecule has 0 aliphatic carbocycles. The number of nitrogens with zero attached hydrogens (tertiary/aromatic N) is 1. The smallest absolute Gasteiger partial charge is 0.279 e. The Bertz CT molecular complexity index is 919. The van der Waals surface area contributed by atoms with Gasteiger partial charge in [0.1, 0.15) is 5.82 Å². The molecule has 5 nitrogen and oxygen atoms in total. The number of aryl methyl sites for hydroxylation is 1. The Kier molecular flexibility index (Phi) is 3.46. The highest BCUT2D eigenvalue weighted by molar-refractivity contribution is 9.10. The van der Waals surface area contributed by atoms with E-state index in [0.717, 1.165) is 15.2 Å². The van der Waals surface area contributed by atoms with Crippen LogP contribution in [0.2, 0.25) is 0 Å². The molecule has 0 unspecified atom stereocenters. The van der Waals surface area contributed by atoms with Crippen LogP contribution in [0.1, 0.15) is 5.82 Å². The van der Waals surface area contributed by atoms with Gasteiger partial charge in [0.05, 0.1) is 11.9 Å². The van der Waals surface area contributed by atoms with Crippen LogP contribution < -0.4 is 4.72 Å². The standard InChI is InChI=1S/C14H12BrN3O2S/c1-9-16-8-14(17-9)21(19,20)18-13-7-6-12(15)10-4-2-3-5-11(10)13/h2-8,18H,1H3,(H,16,17). The Morgan fingerprint density at radius 1 is 1.14 bits per heavy atom. The summed E-state index contributed by atoms with van der Waals surface area (Å²) in [6.45, 7) is 1.70. The monoisotopic (exact) mass is 365 g/mol. The summed E-state index contributed by atoms with van der Waals surface area (Å²) in [5, 5.41) is 1.82. The van der Waals surface area contributed by atoms with Gasteiger partial charge in [0.25, 0.3) is 10.0 Å². The first-order chi connectivity index (χ1) is 9.97. The molecule has 1 heterocycles. The summed E-state index contributed by atoms with van der Waals surface area (Å²) < 4.78 is 28.2. The first-order valence-corrected chi connectivity index (χ1v) is 8.47. The van der Waals surface area contributed by atoms with E-state index >= 15 is 0 Å². The van der Waals surface area contributed by atoms with Crippen molar-refractivity contribution in [1.82, 2.24) is 9.97 Å². The SMILES string of the molecule is Cc1ncc(S(=O)(=O)Nc2ccc(Br)c3ccccc23)[nH]1. The Balaban J connectivity index is 2.08. The Morgan fingerprint density at radius 2 is 1.86 bits per heavy atom. The number of aromatic nitrogens is 2. The number of fused-ring (bicyclic) bond motifs is 1. The molecule has 7 heteroatoms. The first-order valence-electron chi connectivity index (χ1n) is 6.19. The van der Waals surface area contributed by atoms with Gasteiger partial charge in [-0.05, 0) is 24.4 Å². The van der Waals surface area contributed by atoms with Crippen LogP contribution in [0.5, 0.6) is 0 Å². The van der Waals surface area contributed by atoms with Crippen molar-refractivity contribution >= 4 is 42.4 Å². The van der Waals surface area contributed by atoms with Gasteiger partial charge in [-0.25, -0.2) is 4.98 Å². The lowest BCUT2D eigenvalue weighted by Crippen LogP contribution is -2.13. The number of imidazole rings is 1. The van der Waals surface area contributed by atoms with Crippen molar-refractivity contribution < 1.29 is 8.42 Å². The van der Waals surface area contributed by atoms with Gasteiger partial charge < -0.3 is 4.98 Å². The molecule has 0 fully saturated rings. The van der Waals surface area contributed by atoms with Crippen LogP contribution in [-0.2, 0) is 10.0 Å². The van der Waals surface area contributed by atoms with Crippen molar-refractivity contribution in [2.75, 3.05) is 4.72 Å². The zero-order chi connectivity index (χ0) is 15.0. The van der Waals surface area contributed by atoms with Crippen molar-refractivity contribution in [3.8, 4) is 0 Å². The maximum atomic E-state index is 12.3. The van der Waals surface area contributed by atoms with Gasteiger partial charge >= 0.3 is 0 Å². The molecule has 2 N–H and O–H groups in total. The average Bonchev–Trinajstić information content (AvgIpc) is 2.90. The second-order valence-electron chi connectivity index (χ2n) is 4.58. The summed E-state index contributed by atoms with van der Waals surface area (Å²) in [6.07, 6.45) is 1.30. The summed E-state index contributed by atoms with van der Waals surface area (Å²) in [7, 11) is -3.68. The Labute approximate surface area is 130 Å². The molecule has 21 heavy (non-hydrogen) atoms.